The van der Waals surface area contributed by atoms with Crippen LogP contribution in [0.15, 0.2) is 35.6 Å². The predicted molar refractivity (Wildman–Crippen MR) is 101 cm³/mol. The molecule has 1 amide bonds. The van der Waals surface area contributed by atoms with Crippen molar-refractivity contribution in [2.75, 3.05) is 13.1 Å². The van der Waals surface area contributed by atoms with E-state index in [2.05, 4.69) is 15.4 Å². The molecule has 0 spiro atoms. The maximum atomic E-state index is 12.5. The molecule has 1 saturated heterocycles. The molecular weight excluding hydrogens is 312 g/mol. The molecule has 0 atom stereocenters. The van der Waals surface area contributed by atoms with Crippen molar-refractivity contribution in [2.45, 2.75) is 44.6 Å². The fraction of sp³-hybridized carbons (Fsp3) is 0.500. The number of piperidine rings is 1. The molecule has 132 valence electrons. The van der Waals surface area contributed by atoms with Crippen LogP contribution < -0.4 is 5.43 Å². The van der Waals surface area contributed by atoms with Crippen LogP contribution in [0.1, 0.15) is 48.9 Å². The highest BCUT2D eigenvalue weighted by Gasteiger charge is 2.25. The third-order valence-electron chi connectivity index (χ3n) is 5.67. The minimum absolute atomic E-state index is 0.123. The first-order chi connectivity index (χ1) is 12.2. The van der Waals surface area contributed by atoms with Gasteiger partial charge in [-0.25, -0.2) is 5.43 Å². The Balaban J connectivity index is 1.39. The molecule has 25 heavy (non-hydrogen) atoms. The number of hydrogen-bond acceptors (Lipinski definition) is 3. The van der Waals surface area contributed by atoms with E-state index in [0.29, 0.717) is 5.56 Å². The van der Waals surface area contributed by atoms with Crippen LogP contribution in [-0.4, -0.2) is 40.2 Å². The second kappa shape index (κ2) is 7.00. The lowest BCUT2D eigenvalue weighted by atomic mass is 10.1. The molecule has 5 nitrogen and oxygen atoms in total. The summed E-state index contributed by atoms with van der Waals surface area (Å²) in [5, 5.41) is 5.39. The number of carbonyl (C=O) groups is 1. The molecule has 0 unspecified atom stereocenters. The standard InChI is InChI=1S/C20H26N4O/c1-23-14-18(17-8-4-5-9-19(17)23)20(25)22-21-15-10-12-24(13-11-15)16-6-2-3-7-16/h4-5,8-9,14,16H,2-3,6-7,10-13H2,1H3,(H,22,25). The molecule has 4 rings (SSSR count). The number of nitrogens with zero attached hydrogens (tertiary/aromatic N) is 3. The molecule has 1 aromatic carbocycles. The number of fused-ring (bicyclic) bond motifs is 1. The lowest BCUT2D eigenvalue weighted by molar-refractivity contribution is 0.0955. The summed E-state index contributed by atoms with van der Waals surface area (Å²) in [6.45, 7) is 2.15. The van der Waals surface area contributed by atoms with E-state index in [1.165, 1.54) is 25.7 Å². The first-order valence-electron chi connectivity index (χ1n) is 9.36. The Morgan fingerprint density at radius 3 is 2.64 bits per heavy atom. The van der Waals surface area contributed by atoms with Crippen molar-refractivity contribution in [3.8, 4) is 0 Å². The van der Waals surface area contributed by atoms with E-state index in [9.17, 15) is 4.79 Å². The second-order valence-corrected chi connectivity index (χ2v) is 7.26. The number of rotatable bonds is 3. The number of aryl methyl sites for hydroxylation is 1. The Bertz CT molecular complexity index is 791. The van der Waals surface area contributed by atoms with Crippen LogP contribution in [0.5, 0.6) is 0 Å². The smallest absolute Gasteiger partial charge is 0.273 e. The quantitative estimate of drug-likeness (QED) is 0.873. The van der Waals surface area contributed by atoms with E-state index in [1.54, 1.807) is 0 Å². The third-order valence-corrected chi connectivity index (χ3v) is 5.67. The molecule has 2 aliphatic rings. The Morgan fingerprint density at radius 2 is 1.88 bits per heavy atom. The van der Waals surface area contributed by atoms with Crippen molar-refractivity contribution in [2.24, 2.45) is 12.1 Å². The van der Waals surface area contributed by atoms with Crippen molar-refractivity contribution in [1.82, 2.24) is 14.9 Å². The molecule has 2 heterocycles. The van der Waals surface area contributed by atoms with Gasteiger partial charge in [0.15, 0.2) is 0 Å². The molecule has 0 bridgehead atoms. The zero-order valence-corrected chi connectivity index (χ0v) is 14.9. The number of benzene rings is 1. The first-order valence-corrected chi connectivity index (χ1v) is 9.36. The van der Waals surface area contributed by atoms with Crippen molar-refractivity contribution in [1.29, 1.82) is 0 Å². The highest BCUT2D eigenvalue weighted by Crippen LogP contribution is 2.25. The van der Waals surface area contributed by atoms with Gasteiger partial charge in [-0.05, 0) is 18.9 Å². The van der Waals surface area contributed by atoms with Crippen molar-refractivity contribution < 1.29 is 4.79 Å². The molecular formula is C20H26N4O. The van der Waals surface area contributed by atoms with E-state index < -0.39 is 0 Å². The fourth-order valence-corrected chi connectivity index (χ4v) is 4.24. The van der Waals surface area contributed by atoms with Gasteiger partial charge in [0.1, 0.15) is 0 Å². The largest absolute Gasteiger partial charge is 0.350 e. The van der Waals surface area contributed by atoms with Gasteiger partial charge in [0.2, 0.25) is 0 Å². The first kappa shape index (κ1) is 16.3. The molecule has 5 heteroatoms. The summed E-state index contributed by atoms with van der Waals surface area (Å²) in [5.74, 6) is -0.123. The molecule has 1 N–H and O–H groups in total. The maximum absolute atomic E-state index is 12.5. The van der Waals surface area contributed by atoms with Crippen LogP contribution in [0.25, 0.3) is 10.9 Å². The average Bonchev–Trinajstić information content (AvgIpc) is 3.29. The van der Waals surface area contributed by atoms with E-state index in [1.807, 2.05) is 42.1 Å². The lowest BCUT2D eigenvalue weighted by Crippen LogP contribution is -2.40. The molecule has 0 radical (unpaired) electrons. The molecule has 1 aliphatic heterocycles. The second-order valence-electron chi connectivity index (χ2n) is 7.26. The minimum Gasteiger partial charge on any atom is -0.350 e. The van der Waals surface area contributed by atoms with Gasteiger partial charge >= 0.3 is 0 Å². The summed E-state index contributed by atoms with van der Waals surface area (Å²) in [7, 11) is 1.96. The molecule has 2 aromatic rings. The monoisotopic (exact) mass is 338 g/mol. The Kier molecular flexibility index (Phi) is 4.57. The summed E-state index contributed by atoms with van der Waals surface area (Å²) < 4.78 is 1.98. The Morgan fingerprint density at radius 1 is 1.16 bits per heavy atom. The van der Waals surface area contributed by atoms with Gasteiger partial charge in [-0.3, -0.25) is 9.69 Å². The van der Waals surface area contributed by atoms with Gasteiger partial charge < -0.3 is 4.57 Å². The van der Waals surface area contributed by atoms with Gasteiger partial charge in [0.05, 0.1) is 5.56 Å². The fourth-order valence-electron chi connectivity index (χ4n) is 4.24. The number of hydrogen-bond donors (Lipinski definition) is 1. The number of likely N-dealkylation sites (tertiary alicyclic amines) is 1. The summed E-state index contributed by atoms with van der Waals surface area (Å²) >= 11 is 0. The summed E-state index contributed by atoms with van der Waals surface area (Å²) in [6.07, 6.45) is 9.27. The number of carbonyl (C=O) groups excluding carboxylic acids is 1. The number of nitrogens with one attached hydrogen (secondary N) is 1. The van der Waals surface area contributed by atoms with E-state index in [0.717, 1.165) is 48.6 Å². The molecule has 2 fully saturated rings. The number of hydrazone groups is 1. The average molecular weight is 338 g/mol. The van der Waals surface area contributed by atoms with Gasteiger partial charge in [0.25, 0.3) is 5.91 Å². The number of aromatic nitrogens is 1. The van der Waals surface area contributed by atoms with Crippen molar-refractivity contribution >= 4 is 22.5 Å². The highest BCUT2D eigenvalue weighted by atomic mass is 16.2. The van der Waals surface area contributed by atoms with Crippen LogP contribution in [0.4, 0.5) is 0 Å². The predicted octanol–water partition coefficient (Wildman–Crippen LogP) is 3.30. The normalized spacial score (nSPS) is 19.5. The van der Waals surface area contributed by atoms with Gasteiger partial charge in [-0.2, -0.15) is 5.10 Å². The maximum Gasteiger partial charge on any atom is 0.273 e. The molecule has 1 aliphatic carbocycles. The van der Waals surface area contributed by atoms with Crippen LogP contribution in [0.2, 0.25) is 0 Å². The third kappa shape index (κ3) is 3.33. The van der Waals surface area contributed by atoms with Gasteiger partial charge in [-0.15, -0.1) is 0 Å². The zero-order valence-electron chi connectivity index (χ0n) is 14.9. The van der Waals surface area contributed by atoms with Crippen LogP contribution >= 0.6 is 0 Å². The summed E-state index contributed by atoms with van der Waals surface area (Å²) in [4.78, 5) is 15.2. The van der Waals surface area contributed by atoms with E-state index >= 15 is 0 Å². The van der Waals surface area contributed by atoms with Crippen LogP contribution in [0, 0.1) is 0 Å². The minimum atomic E-state index is -0.123. The number of amides is 1. The van der Waals surface area contributed by atoms with Crippen molar-refractivity contribution in [3.63, 3.8) is 0 Å². The Labute approximate surface area is 148 Å². The summed E-state index contributed by atoms with van der Waals surface area (Å²) in [5.41, 5.74) is 5.64. The molecule has 1 aromatic heterocycles. The molecule has 1 saturated carbocycles. The van der Waals surface area contributed by atoms with Gasteiger partial charge in [0, 0.05) is 61.8 Å². The Hall–Kier alpha value is -2.14. The summed E-state index contributed by atoms with van der Waals surface area (Å²) in [6, 6.07) is 8.74. The van der Waals surface area contributed by atoms with Crippen LogP contribution in [-0.2, 0) is 7.05 Å². The zero-order chi connectivity index (χ0) is 17.2. The van der Waals surface area contributed by atoms with Crippen LogP contribution in [0.3, 0.4) is 0 Å². The van der Waals surface area contributed by atoms with Gasteiger partial charge in [-0.1, -0.05) is 31.0 Å². The van der Waals surface area contributed by atoms with Crippen molar-refractivity contribution in [3.05, 3.63) is 36.0 Å². The number of para-hydroxylation sites is 1. The van der Waals surface area contributed by atoms with E-state index in [4.69, 9.17) is 0 Å². The lowest BCUT2D eigenvalue weighted by Gasteiger charge is -2.32. The SMILES string of the molecule is Cn1cc(C(=O)NN=C2CCN(C3CCCC3)CC2)c2ccccc21. The topological polar surface area (TPSA) is 49.6 Å². The van der Waals surface area contributed by atoms with E-state index in [-0.39, 0.29) is 5.91 Å². The highest BCUT2D eigenvalue weighted by molar-refractivity contribution is 6.07.